The first-order chi connectivity index (χ1) is 11.5. The predicted molar refractivity (Wildman–Crippen MR) is 92.7 cm³/mol. The number of nitrogens with zero attached hydrogens (tertiary/aromatic N) is 3. The summed E-state index contributed by atoms with van der Waals surface area (Å²) in [5, 5.41) is 0. The number of pyridine rings is 1. The largest absolute Gasteiger partial charge is 0.471 e. The maximum absolute atomic E-state index is 12.8. The van der Waals surface area contributed by atoms with E-state index in [4.69, 9.17) is 9.47 Å². The van der Waals surface area contributed by atoms with Gasteiger partial charge in [-0.3, -0.25) is 0 Å². The minimum atomic E-state index is -3.53. The van der Waals surface area contributed by atoms with Crippen molar-refractivity contribution < 1.29 is 17.9 Å². The van der Waals surface area contributed by atoms with E-state index in [2.05, 4.69) is 32.7 Å². The first-order valence-corrected chi connectivity index (χ1v) is 10.4. The van der Waals surface area contributed by atoms with Gasteiger partial charge in [0.25, 0.3) is 0 Å². The Hall–Kier alpha value is -0.740. The molecule has 0 unspecified atom stereocenters. The van der Waals surface area contributed by atoms with E-state index in [1.54, 1.807) is 6.07 Å². The van der Waals surface area contributed by atoms with Gasteiger partial charge in [-0.2, -0.15) is 4.31 Å². The number of ether oxygens (including phenoxy) is 2. The molecule has 1 aromatic rings. The van der Waals surface area contributed by atoms with Crippen molar-refractivity contribution in [2.45, 2.75) is 24.3 Å². The van der Waals surface area contributed by atoms with Crippen LogP contribution in [0.2, 0.25) is 0 Å². The molecule has 0 saturated carbocycles. The molecule has 1 aromatic heterocycles. The Kier molecular flexibility index (Phi) is 5.76. The Bertz CT molecular complexity index is 671. The number of hydrogen-bond acceptors (Lipinski definition) is 6. The van der Waals surface area contributed by atoms with Crippen molar-refractivity contribution in [3.63, 3.8) is 0 Å². The molecule has 3 heterocycles. The van der Waals surface area contributed by atoms with Gasteiger partial charge in [-0.25, -0.2) is 13.4 Å². The van der Waals surface area contributed by atoms with Crippen LogP contribution >= 0.6 is 15.9 Å². The average Bonchev–Trinajstić information content (AvgIpc) is 3.09. The van der Waals surface area contributed by atoms with Gasteiger partial charge in [-0.15, -0.1) is 0 Å². The monoisotopic (exact) mass is 419 g/mol. The molecule has 24 heavy (non-hydrogen) atoms. The van der Waals surface area contributed by atoms with Crippen LogP contribution in [0.4, 0.5) is 0 Å². The summed E-state index contributed by atoms with van der Waals surface area (Å²) in [6.45, 7) is 6.77. The van der Waals surface area contributed by atoms with Crippen LogP contribution in [-0.4, -0.2) is 74.6 Å². The smallest absolute Gasteiger partial charge is 0.244 e. The van der Waals surface area contributed by atoms with E-state index in [0.29, 0.717) is 36.7 Å². The molecule has 1 atom stereocenters. The molecule has 2 fully saturated rings. The van der Waals surface area contributed by atoms with Crippen molar-refractivity contribution in [3.8, 4) is 5.88 Å². The highest BCUT2D eigenvalue weighted by Crippen LogP contribution is 2.28. The van der Waals surface area contributed by atoms with Crippen LogP contribution in [0, 0.1) is 0 Å². The summed E-state index contributed by atoms with van der Waals surface area (Å²) in [6.07, 6.45) is 2.16. The Balaban J connectivity index is 1.72. The standard InChI is InChI=1S/C15H22BrN3O4S/c1-2-18-4-6-19(7-5-18)24(20,21)13-9-14(16)15(17-10-13)23-12-3-8-22-11-12/h9-10,12H,2-8,11H2,1H3/t12-/m1/s1. The van der Waals surface area contributed by atoms with Gasteiger partial charge in [0.1, 0.15) is 11.0 Å². The van der Waals surface area contributed by atoms with E-state index in [9.17, 15) is 8.42 Å². The van der Waals surface area contributed by atoms with Crippen molar-refractivity contribution in [2.75, 3.05) is 45.9 Å². The van der Waals surface area contributed by atoms with Crippen LogP contribution in [0.5, 0.6) is 5.88 Å². The molecule has 0 aliphatic carbocycles. The van der Waals surface area contributed by atoms with E-state index >= 15 is 0 Å². The van der Waals surface area contributed by atoms with Crippen molar-refractivity contribution in [2.24, 2.45) is 0 Å². The summed E-state index contributed by atoms with van der Waals surface area (Å²) in [4.78, 5) is 6.62. The van der Waals surface area contributed by atoms with E-state index in [1.165, 1.54) is 10.5 Å². The van der Waals surface area contributed by atoms with E-state index < -0.39 is 10.0 Å². The normalized spacial score (nSPS) is 23.5. The minimum Gasteiger partial charge on any atom is -0.471 e. The minimum absolute atomic E-state index is 0.0293. The van der Waals surface area contributed by atoms with Crippen LogP contribution in [0.25, 0.3) is 0 Å². The molecule has 0 bridgehead atoms. The lowest BCUT2D eigenvalue weighted by Gasteiger charge is -2.33. The predicted octanol–water partition coefficient (Wildman–Crippen LogP) is 1.34. The lowest BCUT2D eigenvalue weighted by molar-refractivity contribution is 0.137. The second kappa shape index (κ2) is 7.65. The molecular weight excluding hydrogens is 398 g/mol. The van der Waals surface area contributed by atoms with Crippen LogP contribution in [-0.2, 0) is 14.8 Å². The molecular formula is C15H22BrN3O4S. The molecule has 0 amide bonds. The fourth-order valence-corrected chi connectivity index (χ4v) is 4.82. The summed E-state index contributed by atoms with van der Waals surface area (Å²) >= 11 is 3.37. The van der Waals surface area contributed by atoms with Crippen molar-refractivity contribution >= 4 is 26.0 Å². The number of hydrogen-bond donors (Lipinski definition) is 0. The van der Waals surface area contributed by atoms with Gasteiger partial charge < -0.3 is 14.4 Å². The highest BCUT2D eigenvalue weighted by Gasteiger charge is 2.29. The summed E-state index contributed by atoms with van der Waals surface area (Å²) in [5.41, 5.74) is 0. The third kappa shape index (κ3) is 3.91. The van der Waals surface area contributed by atoms with Crippen molar-refractivity contribution in [1.82, 2.24) is 14.2 Å². The molecule has 2 saturated heterocycles. The number of piperazine rings is 1. The van der Waals surface area contributed by atoms with Gasteiger partial charge in [0.15, 0.2) is 0 Å². The van der Waals surface area contributed by atoms with Gasteiger partial charge in [0.05, 0.1) is 23.9 Å². The van der Waals surface area contributed by atoms with Gasteiger partial charge in [-0.1, -0.05) is 6.92 Å². The Morgan fingerprint density at radius 2 is 2.12 bits per heavy atom. The van der Waals surface area contributed by atoms with Crippen LogP contribution in [0.1, 0.15) is 13.3 Å². The maximum atomic E-state index is 12.8. The Labute approximate surface area is 151 Å². The molecule has 2 aliphatic rings. The summed E-state index contributed by atoms with van der Waals surface area (Å²) < 4.78 is 38.6. The molecule has 0 aromatic carbocycles. The molecule has 3 rings (SSSR count). The molecule has 0 spiro atoms. The number of likely N-dealkylation sites (N-methyl/N-ethyl adjacent to an activating group) is 1. The quantitative estimate of drug-likeness (QED) is 0.716. The fourth-order valence-electron chi connectivity index (χ4n) is 2.83. The molecule has 0 radical (unpaired) electrons. The second-order valence-corrected chi connectivity index (χ2v) is 8.69. The highest BCUT2D eigenvalue weighted by molar-refractivity contribution is 9.10. The molecule has 134 valence electrons. The van der Waals surface area contributed by atoms with Crippen LogP contribution in [0.3, 0.4) is 0 Å². The third-order valence-corrected chi connectivity index (χ3v) is 6.80. The van der Waals surface area contributed by atoms with Gasteiger partial charge in [0.2, 0.25) is 15.9 Å². The number of sulfonamides is 1. The molecule has 2 aliphatic heterocycles. The van der Waals surface area contributed by atoms with Gasteiger partial charge in [-0.05, 0) is 28.5 Å². The number of halogens is 1. The zero-order chi connectivity index (χ0) is 17.2. The number of rotatable bonds is 5. The average molecular weight is 420 g/mol. The summed E-state index contributed by atoms with van der Waals surface area (Å²) in [5.74, 6) is 0.403. The summed E-state index contributed by atoms with van der Waals surface area (Å²) in [7, 11) is -3.53. The number of aromatic nitrogens is 1. The van der Waals surface area contributed by atoms with Crippen molar-refractivity contribution in [3.05, 3.63) is 16.7 Å². The lowest BCUT2D eigenvalue weighted by atomic mass is 10.3. The Morgan fingerprint density at radius 1 is 1.38 bits per heavy atom. The van der Waals surface area contributed by atoms with Crippen LogP contribution in [0.15, 0.2) is 21.6 Å². The molecule has 7 nitrogen and oxygen atoms in total. The fraction of sp³-hybridized carbons (Fsp3) is 0.667. The SMILES string of the molecule is CCN1CCN(S(=O)(=O)c2cnc(O[C@@H]3CCOC3)c(Br)c2)CC1. The zero-order valence-corrected chi connectivity index (χ0v) is 16.1. The zero-order valence-electron chi connectivity index (χ0n) is 13.6. The van der Waals surface area contributed by atoms with E-state index in [-0.39, 0.29) is 11.0 Å². The first-order valence-electron chi connectivity index (χ1n) is 8.13. The summed E-state index contributed by atoms with van der Waals surface area (Å²) in [6, 6.07) is 1.57. The van der Waals surface area contributed by atoms with Gasteiger partial charge >= 0.3 is 0 Å². The van der Waals surface area contributed by atoms with Gasteiger partial charge in [0, 0.05) is 32.6 Å². The second-order valence-electron chi connectivity index (χ2n) is 5.90. The third-order valence-electron chi connectivity index (χ3n) is 4.36. The molecule has 0 N–H and O–H groups in total. The highest BCUT2D eigenvalue weighted by atomic mass is 79.9. The van der Waals surface area contributed by atoms with E-state index in [0.717, 1.165) is 26.1 Å². The Morgan fingerprint density at radius 3 is 2.71 bits per heavy atom. The van der Waals surface area contributed by atoms with Crippen LogP contribution < -0.4 is 4.74 Å². The van der Waals surface area contributed by atoms with Crippen molar-refractivity contribution in [1.29, 1.82) is 0 Å². The van der Waals surface area contributed by atoms with E-state index in [1.807, 2.05) is 0 Å². The topological polar surface area (TPSA) is 72.0 Å². The lowest BCUT2D eigenvalue weighted by Crippen LogP contribution is -2.48. The maximum Gasteiger partial charge on any atom is 0.244 e. The first kappa shape index (κ1) is 18.1. The molecule has 9 heteroatoms.